The van der Waals surface area contributed by atoms with Crippen molar-refractivity contribution in [2.45, 2.75) is 76.2 Å². The topological polar surface area (TPSA) is 9.23 Å². The summed E-state index contributed by atoms with van der Waals surface area (Å²) >= 11 is 6.50. The minimum atomic E-state index is 0.239. The van der Waals surface area contributed by atoms with Gasteiger partial charge in [0.05, 0.1) is 0 Å². The van der Waals surface area contributed by atoms with Gasteiger partial charge in [0.1, 0.15) is 11.9 Å². The van der Waals surface area contributed by atoms with Gasteiger partial charge in [0.25, 0.3) is 0 Å². The Balaban J connectivity index is 1.69. The Kier molecular flexibility index (Phi) is 3.98. The van der Waals surface area contributed by atoms with Gasteiger partial charge in [-0.3, -0.25) is 0 Å². The second-order valence-corrected chi connectivity index (χ2v) is 8.04. The van der Waals surface area contributed by atoms with E-state index in [-0.39, 0.29) is 10.8 Å². The van der Waals surface area contributed by atoms with E-state index in [2.05, 4.69) is 45.0 Å². The van der Waals surface area contributed by atoms with Gasteiger partial charge in [0.2, 0.25) is 0 Å². The van der Waals surface area contributed by atoms with Crippen molar-refractivity contribution >= 4 is 11.6 Å². The van der Waals surface area contributed by atoms with E-state index in [4.69, 9.17) is 16.3 Å². The highest BCUT2D eigenvalue weighted by molar-refractivity contribution is 6.21. The number of halogens is 1. The maximum absolute atomic E-state index is 6.50. The fourth-order valence-corrected chi connectivity index (χ4v) is 4.41. The Morgan fingerprint density at radius 3 is 2.33 bits per heavy atom. The lowest BCUT2D eigenvalue weighted by atomic mass is 9.64. The molecule has 1 nitrogen and oxygen atoms in total. The van der Waals surface area contributed by atoms with Crippen LogP contribution in [0.4, 0.5) is 0 Å². The summed E-state index contributed by atoms with van der Waals surface area (Å²) in [4.78, 5) is 0. The molecule has 1 spiro atoms. The number of hydrogen-bond acceptors (Lipinski definition) is 1. The molecule has 1 aromatic carbocycles. The van der Waals surface area contributed by atoms with Crippen molar-refractivity contribution in [2.75, 3.05) is 0 Å². The van der Waals surface area contributed by atoms with Crippen LogP contribution in [0.25, 0.3) is 0 Å². The second-order valence-electron chi connectivity index (χ2n) is 7.51. The first-order valence-corrected chi connectivity index (χ1v) is 8.83. The molecule has 0 radical (unpaired) electrons. The van der Waals surface area contributed by atoms with Gasteiger partial charge in [-0.1, -0.05) is 45.7 Å². The zero-order chi connectivity index (χ0) is 15.1. The predicted octanol–water partition coefficient (Wildman–Crippen LogP) is 5.69. The Morgan fingerprint density at radius 2 is 1.81 bits per heavy atom. The monoisotopic (exact) mass is 306 g/mol. The van der Waals surface area contributed by atoms with Crippen molar-refractivity contribution < 1.29 is 4.74 Å². The molecule has 0 N–H and O–H groups in total. The maximum Gasteiger partial charge on any atom is 0.119 e. The SMILES string of the molecule is CCC(C)(C)c1ccc(OC2CC(Cl)C23CCCC3)cc1. The minimum absolute atomic E-state index is 0.239. The molecule has 2 fully saturated rings. The summed E-state index contributed by atoms with van der Waals surface area (Å²) in [7, 11) is 0. The van der Waals surface area contributed by atoms with Crippen LogP contribution in [0.3, 0.4) is 0 Å². The van der Waals surface area contributed by atoms with Gasteiger partial charge < -0.3 is 4.74 Å². The summed E-state index contributed by atoms with van der Waals surface area (Å²) in [6.45, 7) is 6.82. The lowest BCUT2D eigenvalue weighted by Crippen LogP contribution is -2.55. The summed E-state index contributed by atoms with van der Waals surface area (Å²) in [5, 5.41) is 0.322. The van der Waals surface area contributed by atoms with Crippen molar-refractivity contribution in [3.05, 3.63) is 29.8 Å². The van der Waals surface area contributed by atoms with E-state index >= 15 is 0 Å². The predicted molar refractivity (Wildman–Crippen MR) is 89.3 cm³/mol. The summed E-state index contributed by atoms with van der Waals surface area (Å²) in [6, 6.07) is 8.71. The molecular formula is C19H27ClO. The molecule has 3 rings (SSSR count). The Hall–Kier alpha value is -0.690. The van der Waals surface area contributed by atoms with E-state index in [0.29, 0.717) is 11.5 Å². The molecule has 116 valence electrons. The van der Waals surface area contributed by atoms with E-state index in [9.17, 15) is 0 Å². The highest BCUT2D eigenvalue weighted by atomic mass is 35.5. The molecule has 0 amide bonds. The van der Waals surface area contributed by atoms with Gasteiger partial charge in [-0.15, -0.1) is 11.6 Å². The third kappa shape index (κ3) is 2.59. The summed E-state index contributed by atoms with van der Waals surface area (Å²) < 4.78 is 6.28. The van der Waals surface area contributed by atoms with E-state index in [1.165, 1.54) is 31.2 Å². The van der Waals surface area contributed by atoms with Crippen LogP contribution in [0.2, 0.25) is 0 Å². The Bertz CT molecular complexity index is 485. The molecule has 0 bridgehead atoms. The molecule has 2 atom stereocenters. The smallest absolute Gasteiger partial charge is 0.119 e. The first-order valence-electron chi connectivity index (χ1n) is 8.39. The van der Waals surface area contributed by atoms with Gasteiger partial charge in [-0.05, 0) is 42.4 Å². The molecule has 1 aromatic rings. The lowest BCUT2D eigenvalue weighted by molar-refractivity contribution is -0.0355. The average Bonchev–Trinajstić information content (AvgIpc) is 3.00. The molecule has 2 aliphatic carbocycles. The molecule has 0 heterocycles. The first kappa shape index (κ1) is 15.2. The highest BCUT2D eigenvalue weighted by Crippen LogP contribution is 2.57. The molecule has 0 aliphatic heterocycles. The van der Waals surface area contributed by atoms with Gasteiger partial charge >= 0.3 is 0 Å². The number of ether oxygens (including phenoxy) is 1. The fourth-order valence-electron chi connectivity index (χ4n) is 3.89. The van der Waals surface area contributed by atoms with Gasteiger partial charge in [-0.25, -0.2) is 0 Å². The summed E-state index contributed by atoms with van der Waals surface area (Å²) in [5.41, 5.74) is 1.89. The standard InChI is InChI=1S/C19H27ClO/c1-4-18(2,3)14-7-9-15(10-8-14)21-17-13-16(20)19(17)11-5-6-12-19/h7-10,16-17H,4-6,11-13H2,1-3H3. The number of alkyl halides is 1. The minimum Gasteiger partial charge on any atom is -0.490 e. The second kappa shape index (κ2) is 5.50. The van der Waals surface area contributed by atoms with Crippen molar-refractivity contribution in [3.8, 4) is 5.75 Å². The van der Waals surface area contributed by atoms with Crippen LogP contribution >= 0.6 is 11.6 Å². The molecule has 2 aliphatic rings. The zero-order valence-electron chi connectivity index (χ0n) is 13.5. The normalized spacial score (nSPS) is 27.6. The largest absolute Gasteiger partial charge is 0.490 e. The molecule has 21 heavy (non-hydrogen) atoms. The zero-order valence-corrected chi connectivity index (χ0v) is 14.2. The average molecular weight is 307 g/mol. The Morgan fingerprint density at radius 1 is 1.19 bits per heavy atom. The van der Waals surface area contributed by atoms with Crippen molar-refractivity contribution in [2.24, 2.45) is 5.41 Å². The first-order chi connectivity index (χ1) is 9.98. The molecule has 0 saturated heterocycles. The molecule has 2 unspecified atom stereocenters. The number of rotatable bonds is 4. The summed E-state index contributed by atoms with van der Waals surface area (Å²) in [5.74, 6) is 1.01. The van der Waals surface area contributed by atoms with E-state index in [1.54, 1.807) is 0 Å². The molecular weight excluding hydrogens is 280 g/mol. The fraction of sp³-hybridized carbons (Fsp3) is 0.684. The van der Waals surface area contributed by atoms with Crippen LogP contribution in [-0.4, -0.2) is 11.5 Å². The quantitative estimate of drug-likeness (QED) is 0.649. The van der Waals surface area contributed by atoms with Gasteiger partial charge in [0, 0.05) is 17.2 Å². The van der Waals surface area contributed by atoms with Crippen LogP contribution < -0.4 is 4.74 Å². The lowest BCUT2D eigenvalue weighted by Gasteiger charge is -2.51. The van der Waals surface area contributed by atoms with Crippen LogP contribution in [0.15, 0.2) is 24.3 Å². The molecule has 0 aromatic heterocycles. The highest BCUT2D eigenvalue weighted by Gasteiger charge is 2.56. The maximum atomic E-state index is 6.50. The van der Waals surface area contributed by atoms with E-state index in [0.717, 1.165) is 18.6 Å². The third-order valence-corrected chi connectivity index (χ3v) is 6.63. The van der Waals surface area contributed by atoms with Crippen LogP contribution in [0, 0.1) is 5.41 Å². The van der Waals surface area contributed by atoms with E-state index < -0.39 is 0 Å². The molecule has 2 heteroatoms. The van der Waals surface area contributed by atoms with Crippen molar-refractivity contribution in [1.82, 2.24) is 0 Å². The third-order valence-electron chi connectivity index (χ3n) is 6.02. The van der Waals surface area contributed by atoms with Crippen LogP contribution in [0.1, 0.15) is 64.9 Å². The van der Waals surface area contributed by atoms with Gasteiger partial charge in [0.15, 0.2) is 0 Å². The Labute approximate surface area is 134 Å². The summed E-state index contributed by atoms with van der Waals surface area (Å²) in [6.07, 6.45) is 7.59. The van der Waals surface area contributed by atoms with Crippen molar-refractivity contribution in [3.63, 3.8) is 0 Å². The molecule has 2 saturated carbocycles. The van der Waals surface area contributed by atoms with Crippen LogP contribution in [-0.2, 0) is 5.41 Å². The van der Waals surface area contributed by atoms with Gasteiger partial charge in [-0.2, -0.15) is 0 Å². The number of hydrogen-bond donors (Lipinski definition) is 0. The van der Waals surface area contributed by atoms with E-state index in [1.807, 2.05) is 0 Å². The van der Waals surface area contributed by atoms with Crippen LogP contribution in [0.5, 0.6) is 5.75 Å². The number of benzene rings is 1. The van der Waals surface area contributed by atoms with Crippen molar-refractivity contribution in [1.29, 1.82) is 0 Å².